The van der Waals surface area contributed by atoms with Gasteiger partial charge < -0.3 is 20.1 Å². The van der Waals surface area contributed by atoms with Crippen molar-refractivity contribution in [2.24, 2.45) is 5.11 Å². The van der Waals surface area contributed by atoms with Crippen molar-refractivity contribution in [3.05, 3.63) is 0 Å². The van der Waals surface area contributed by atoms with Crippen molar-refractivity contribution in [3.8, 4) is 0 Å². The highest BCUT2D eigenvalue weighted by Crippen LogP contribution is 2.21. The molecule has 4 N–H and O–H groups in total. The summed E-state index contributed by atoms with van der Waals surface area (Å²) in [6, 6.07) is -0.809. The Hall–Kier alpha value is -0.850. The Kier molecular flexibility index (Phi) is 3.07. The van der Waals surface area contributed by atoms with Crippen LogP contribution in [0.3, 0.4) is 0 Å². The van der Waals surface area contributed by atoms with Gasteiger partial charge in [0.15, 0.2) is 12.3 Å². The molecular formula is C6H12N3O4+. The highest BCUT2D eigenvalue weighted by molar-refractivity contribution is 4.90. The number of aliphatic hydroxyl groups excluding tert-OH is 3. The summed E-state index contributed by atoms with van der Waals surface area (Å²) in [6.07, 6.45) is -4.66. The van der Waals surface area contributed by atoms with Crippen LogP contribution in [-0.4, -0.2) is 46.0 Å². The standard InChI is InChI=1S/C6H12N3O4/c1-2-3(8-9-7)4(10)5(11)6(12)13-2/h2-7,10-12H,1H3/q+1. The van der Waals surface area contributed by atoms with E-state index in [-0.39, 0.29) is 0 Å². The first kappa shape index (κ1) is 10.2. The van der Waals surface area contributed by atoms with E-state index < -0.39 is 30.6 Å². The van der Waals surface area contributed by atoms with Crippen LogP contribution in [-0.2, 0) is 4.74 Å². The largest absolute Gasteiger partial charge is 0.388 e. The summed E-state index contributed by atoms with van der Waals surface area (Å²) in [5.74, 6) is 0. The van der Waals surface area contributed by atoms with Crippen molar-refractivity contribution >= 4 is 0 Å². The first-order chi connectivity index (χ1) is 6.07. The minimum Gasteiger partial charge on any atom is -0.388 e. The molecule has 0 saturated carbocycles. The zero-order valence-corrected chi connectivity index (χ0v) is 7.03. The molecule has 13 heavy (non-hydrogen) atoms. The van der Waals surface area contributed by atoms with Gasteiger partial charge in [0.1, 0.15) is 22.9 Å². The highest BCUT2D eigenvalue weighted by atomic mass is 16.6. The molecule has 7 nitrogen and oxygen atoms in total. The first-order valence-electron chi connectivity index (χ1n) is 3.84. The molecule has 0 spiro atoms. The van der Waals surface area contributed by atoms with E-state index in [0.29, 0.717) is 0 Å². The van der Waals surface area contributed by atoms with Gasteiger partial charge in [0.2, 0.25) is 4.91 Å². The highest BCUT2D eigenvalue weighted by Gasteiger charge is 2.44. The molecule has 0 aliphatic carbocycles. The monoisotopic (exact) mass is 190 g/mol. The van der Waals surface area contributed by atoms with Crippen molar-refractivity contribution in [3.63, 3.8) is 0 Å². The number of aliphatic hydroxyl groups is 3. The van der Waals surface area contributed by atoms with Crippen molar-refractivity contribution in [1.29, 1.82) is 5.53 Å². The molecule has 1 saturated heterocycles. The Morgan fingerprint density at radius 3 is 2.46 bits per heavy atom. The van der Waals surface area contributed by atoms with E-state index in [4.69, 9.17) is 15.4 Å². The minimum atomic E-state index is -1.41. The van der Waals surface area contributed by atoms with Gasteiger partial charge in [-0.3, -0.25) is 0 Å². The van der Waals surface area contributed by atoms with Crippen LogP contribution in [0.1, 0.15) is 6.92 Å². The van der Waals surface area contributed by atoms with Crippen LogP contribution in [0.5, 0.6) is 0 Å². The molecule has 5 atom stereocenters. The Bertz CT molecular complexity index is 230. The zero-order valence-electron chi connectivity index (χ0n) is 7.03. The second kappa shape index (κ2) is 3.91. The number of rotatable bonds is 1. The lowest BCUT2D eigenvalue weighted by Crippen LogP contribution is -2.55. The molecule has 7 heteroatoms. The van der Waals surface area contributed by atoms with E-state index in [0.717, 1.165) is 0 Å². The molecular weight excluding hydrogens is 178 g/mol. The van der Waals surface area contributed by atoms with Crippen LogP contribution >= 0.6 is 0 Å². The summed E-state index contributed by atoms with van der Waals surface area (Å²) >= 11 is 0. The number of hydrogen-bond donors (Lipinski definition) is 4. The van der Waals surface area contributed by atoms with Crippen LogP contribution in [0, 0.1) is 5.53 Å². The Balaban J connectivity index is 2.78. The van der Waals surface area contributed by atoms with Gasteiger partial charge in [0, 0.05) is 0 Å². The molecule has 0 bridgehead atoms. The fraction of sp³-hybridized carbons (Fsp3) is 1.00. The lowest BCUT2D eigenvalue weighted by Gasteiger charge is -2.34. The molecule has 0 radical (unpaired) electrons. The van der Waals surface area contributed by atoms with Crippen LogP contribution < -0.4 is 4.91 Å². The van der Waals surface area contributed by atoms with E-state index >= 15 is 0 Å². The topological polar surface area (TPSA) is 120 Å². The average Bonchev–Trinajstić information content (AvgIpc) is 2.09. The molecule has 1 rings (SSSR count). The van der Waals surface area contributed by atoms with E-state index in [1.54, 1.807) is 6.92 Å². The molecule has 0 aromatic carbocycles. The fourth-order valence-electron chi connectivity index (χ4n) is 1.26. The molecule has 1 heterocycles. The molecule has 74 valence electrons. The number of ether oxygens (including phenoxy) is 1. The maximum Gasteiger partial charge on any atom is 0.214 e. The second-order valence-electron chi connectivity index (χ2n) is 2.92. The summed E-state index contributed by atoms with van der Waals surface area (Å²) in [6.45, 7) is 1.57. The van der Waals surface area contributed by atoms with Crippen LogP contribution in [0.15, 0.2) is 5.11 Å². The fourth-order valence-corrected chi connectivity index (χ4v) is 1.26. The maximum atomic E-state index is 9.38. The molecule has 1 aliphatic heterocycles. The lowest BCUT2D eigenvalue weighted by molar-refractivity contribution is -0.249. The molecule has 1 fully saturated rings. The smallest absolute Gasteiger partial charge is 0.214 e. The Morgan fingerprint density at radius 2 is 1.92 bits per heavy atom. The van der Waals surface area contributed by atoms with Gasteiger partial charge in [-0.15, -0.1) is 0 Å². The van der Waals surface area contributed by atoms with Gasteiger partial charge in [0.05, 0.1) is 6.10 Å². The van der Waals surface area contributed by atoms with Crippen molar-refractivity contribution in [2.75, 3.05) is 0 Å². The zero-order chi connectivity index (χ0) is 10.0. The van der Waals surface area contributed by atoms with E-state index in [2.05, 4.69) is 10.0 Å². The van der Waals surface area contributed by atoms with Crippen LogP contribution in [0.4, 0.5) is 0 Å². The lowest BCUT2D eigenvalue weighted by atomic mass is 9.98. The maximum absolute atomic E-state index is 9.38. The SMILES string of the molecule is CC1OC(O)C(O)C(O)C1N=[N+]=N. The molecule has 0 aromatic heterocycles. The van der Waals surface area contributed by atoms with E-state index in [9.17, 15) is 10.2 Å². The third-order valence-electron chi connectivity index (χ3n) is 2.02. The summed E-state index contributed by atoms with van der Waals surface area (Å²) < 4.78 is 4.84. The number of hydrogen-bond acceptors (Lipinski definition) is 6. The van der Waals surface area contributed by atoms with Crippen molar-refractivity contribution in [1.82, 2.24) is 4.91 Å². The summed E-state index contributed by atoms with van der Waals surface area (Å²) in [4.78, 5) is 2.76. The first-order valence-corrected chi connectivity index (χ1v) is 3.84. The third kappa shape index (κ3) is 1.90. The Labute approximate surface area is 74.2 Å². The summed E-state index contributed by atoms with van der Waals surface area (Å²) in [7, 11) is 0. The molecule has 5 unspecified atom stereocenters. The van der Waals surface area contributed by atoms with Crippen molar-refractivity contribution in [2.45, 2.75) is 37.6 Å². The normalized spacial score (nSPS) is 45.4. The third-order valence-corrected chi connectivity index (χ3v) is 2.02. The molecule has 1 aliphatic rings. The van der Waals surface area contributed by atoms with Gasteiger partial charge in [-0.25, -0.2) is 0 Å². The second-order valence-corrected chi connectivity index (χ2v) is 2.92. The predicted octanol–water partition coefficient (Wildman–Crippen LogP) is -1.64. The average molecular weight is 190 g/mol. The van der Waals surface area contributed by atoms with Gasteiger partial charge in [0.25, 0.3) is 0 Å². The predicted molar refractivity (Wildman–Crippen MR) is 39.6 cm³/mol. The van der Waals surface area contributed by atoms with Crippen LogP contribution in [0.2, 0.25) is 0 Å². The summed E-state index contributed by atoms with van der Waals surface area (Å²) in [5.41, 5.74) is 6.48. The number of nitrogens with zero attached hydrogens (tertiary/aromatic N) is 2. The summed E-state index contributed by atoms with van der Waals surface area (Å²) in [5, 5.41) is 31.0. The van der Waals surface area contributed by atoms with Gasteiger partial charge in [-0.2, -0.15) is 0 Å². The van der Waals surface area contributed by atoms with Gasteiger partial charge >= 0.3 is 0 Å². The molecule has 0 aromatic rings. The number of nitrogens with one attached hydrogen (secondary N) is 1. The van der Waals surface area contributed by atoms with E-state index in [1.807, 2.05) is 0 Å². The van der Waals surface area contributed by atoms with Gasteiger partial charge in [-0.05, 0) is 6.92 Å². The Morgan fingerprint density at radius 1 is 1.31 bits per heavy atom. The molecule has 0 amide bonds. The quantitative estimate of drug-likeness (QED) is 0.293. The van der Waals surface area contributed by atoms with E-state index in [1.165, 1.54) is 0 Å². The van der Waals surface area contributed by atoms with Crippen LogP contribution in [0.25, 0.3) is 0 Å². The van der Waals surface area contributed by atoms with Crippen molar-refractivity contribution < 1.29 is 20.1 Å². The minimum absolute atomic E-state index is 0.581. The van der Waals surface area contributed by atoms with Gasteiger partial charge in [-0.1, -0.05) is 0 Å².